The molecule has 0 aliphatic carbocycles. The molecule has 2 aromatic heterocycles. The number of anilines is 1. The van der Waals surface area contributed by atoms with Crippen molar-refractivity contribution in [1.82, 2.24) is 25.1 Å². The van der Waals surface area contributed by atoms with Crippen LogP contribution in [0.3, 0.4) is 0 Å². The fourth-order valence-corrected chi connectivity index (χ4v) is 2.91. The lowest BCUT2D eigenvalue weighted by molar-refractivity contribution is 0.624. The van der Waals surface area contributed by atoms with E-state index in [0.29, 0.717) is 6.54 Å². The molecule has 4 rings (SSSR count). The van der Waals surface area contributed by atoms with Gasteiger partial charge in [0, 0.05) is 31.0 Å². The number of hydrogen-bond donors (Lipinski definition) is 2. The molecule has 23 heavy (non-hydrogen) atoms. The summed E-state index contributed by atoms with van der Waals surface area (Å²) in [7, 11) is 0. The third-order valence-corrected chi connectivity index (χ3v) is 4.07. The summed E-state index contributed by atoms with van der Waals surface area (Å²) in [6.07, 6.45) is 6.34. The fraction of sp³-hybridized carbons (Fsp3) is 0.235. The Bertz CT molecular complexity index is 797. The maximum absolute atomic E-state index is 4.43. The maximum atomic E-state index is 4.43. The van der Waals surface area contributed by atoms with Gasteiger partial charge >= 0.3 is 0 Å². The van der Waals surface area contributed by atoms with E-state index in [-0.39, 0.29) is 0 Å². The SMILES string of the molecule is c1ccc(-n2cccn2)c(CNc2ncnc3c2CCNC3)c1. The third-order valence-electron chi connectivity index (χ3n) is 4.07. The van der Waals surface area contributed by atoms with E-state index in [0.717, 1.165) is 36.7 Å². The predicted molar refractivity (Wildman–Crippen MR) is 88.3 cm³/mol. The lowest BCUT2D eigenvalue weighted by atomic mass is 10.1. The summed E-state index contributed by atoms with van der Waals surface area (Å²) < 4.78 is 1.89. The van der Waals surface area contributed by atoms with Gasteiger partial charge in [-0.15, -0.1) is 0 Å². The van der Waals surface area contributed by atoms with Crippen molar-refractivity contribution in [1.29, 1.82) is 0 Å². The Morgan fingerprint density at radius 1 is 1.17 bits per heavy atom. The van der Waals surface area contributed by atoms with Crippen LogP contribution in [0.15, 0.2) is 49.1 Å². The van der Waals surface area contributed by atoms with Crippen molar-refractivity contribution in [3.8, 4) is 5.69 Å². The fourth-order valence-electron chi connectivity index (χ4n) is 2.91. The number of benzene rings is 1. The Morgan fingerprint density at radius 2 is 2.13 bits per heavy atom. The van der Waals surface area contributed by atoms with Crippen molar-refractivity contribution in [3.05, 3.63) is 65.9 Å². The number of rotatable bonds is 4. The van der Waals surface area contributed by atoms with Gasteiger partial charge in [-0.3, -0.25) is 0 Å². The first kappa shape index (κ1) is 13.9. The van der Waals surface area contributed by atoms with Gasteiger partial charge in [0.2, 0.25) is 0 Å². The van der Waals surface area contributed by atoms with Crippen molar-refractivity contribution in [3.63, 3.8) is 0 Å². The molecule has 0 amide bonds. The van der Waals surface area contributed by atoms with Crippen LogP contribution in [-0.2, 0) is 19.5 Å². The van der Waals surface area contributed by atoms with Gasteiger partial charge in [-0.2, -0.15) is 5.10 Å². The Morgan fingerprint density at radius 3 is 3.04 bits per heavy atom. The molecule has 0 fully saturated rings. The summed E-state index contributed by atoms with van der Waals surface area (Å²) in [6, 6.07) is 10.2. The summed E-state index contributed by atoms with van der Waals surface area (Å²) in [4.78, 5) is 8.79. The topological polar surface area (TPSA) is 67.7 Å². The Labute approximate surface area is 134 Å². The normalized spacial score (nSPS) is 13.6. The molecule has 2 N–H and O–H groups in total. The molecule has 0 atom stereocenters. The molecule has 1 aromatic carbocycles. The number of nitrogens with one attached hydrogen (secondary N) is 2. The number of para-hydroxylation sites is 1. The smallest absolute Gasteiger partial charge is 0.133 e. The summed E-state index contributed by atoms with van der Waals surface area (Å²) in [5.41, 5.74) is 4.57. The van der Waals surface area contributed by atoms with Gasteiger partial charge in [0.15, 0.2) is 0 Å². The quantitative estimate of drug-likeness (QED) is 0.771. The molecule has 6 nitrogen and oxygen atoms in total. The van der Waals surface area contributed by atoms with Gasteiger partial charge in [0.1, 0.15) is 12.1 Å². The van der Waals surface area contributed by atoms with Gasteiger partial charge in [-0.05, 0) is 30.7 Å². The Hall–Kier alpha value is -2.73. The highest BCUT2D eigenvalue weighted by Crippen LogP contribution is 2.20. The third kappa shape index (κ3) is 2.80. The molecule has 0 bridgehead atoms. The molecule has 0 radical (unpaired) electrons. The molecule has 6 heteroatoms. The van der Waals surface area contributed by atoms with Gasteiger partial charge in [-0.25, -0.2) is 14.6 Å². The van der Waals surface area contributed by atoms with E-state index >= 15 is 0 Å². The molecule has 0 spiro atoms. The van der Waals surface area contributed by atoms with Crippen LogP contribution in [0.25, 0.3) is 5.69 Å². The van der Waals surface area contributed by atoms with Crippen LogP contribution in [-0.4, -0.2) is 26.3 Å². The molecular weight excluding hydrogens is 288 g/mol. The summed E-state index contributed by atoms with van der Waals surface area (Å²) in [6.45, 7) is 2.49. The lowest BCUT2D eigenvalue weighted by Gasteiger charge is -2.19. The standard InChI is InChI=1S/C17H18N6/c1-2-5-16(23-9-3-7-22-23)13(4-1)10-19-17-14-6-8-18-11-15(14)20-12-21-17/h1-5,7,9,12,18H,6,8,10-11H2,(H,19,20,21). The summed E-state index contributed by atoms with van der Waals surface area (Å²) in [5, 5.41) is 11.1. The van der Waals surface area contributed by atoms with Crippen molar-refractivity contribution in [2.45, 2.75) is 19.5 Å². The van der Waals surface area contributed by atoms with Crippen molar-refractivity contribution in [2.24, 2.45) is 0 Å². The second-order valence-corrected chi connectivity index (χ2v) is 5.51. The van der Waals surface area contributed by atoms with E-state index in [4.69, 9.17) is 0 Å². The summed E-state index contributed by atoms with van der Waals surface area (Å²) in [5.74, 6) is 0.937. The Kier molecular flexibility index (Phi) is 3.73. The van der Waals surface area contributed by atoms with Crippen molar-refractivity contribution in [2.75, 3.05) is 11.9 Å². The highest BCUT2D eigenvalue weighted by molar-refractivity contribution is 5.49. The van der Waals surface area contributed by atoms with Crippen LogP contribution in [0, 0.1) is 0 Å². The van der Waals surface area contributed by atoms with Crippen molar-refractivity contribution >= 4 is 5.82 Å². The van der Waals surface area contributed by atoms with E-state index in [1.807, 2.05) is 29.1 Å². The first-order chi connectivity index (χ1) is 11.4. The highest BCUT2D eigenvalue weighted by atomic mass is 15.3. The molecule has 0 saturated carbocycles. The summed E-state index contributed by atoms with van der Waals surface area (Å²) >= 11 is 0. The molecular formula is C17H18N6. The van der Waals surface area contributed by atoms with Crippen LogP contribution in [0.1, 0.15) is 16.8 Å². The zero-order chi connectivity index (χ0) is 15.5. The monoisotopic (exact) mass is 306 g/mol. The van der Waals surface area contributed by atoms with Gasteiger partial charge in [0.25, 0.3) is 0 Å². The van der Waals surface area contributed by atoms with Crippen LogP contribution in [0.5, 0.6) is 0 Å². The molecule has 3 aromatic rings. The van der Waals surface area contributed by atoms with Gasteiger partial charge < -0.3 is 10.6 Å². The number of aromatic nitrogens is 4. The average Bonchev–Trinajstić information content (AvgIpc) is 3.14. The average molecular weight is 306 g/mol. The van der Waals surface area contributed by atoms with Crippen LogP contribution in [0.4, 0.5) is 5.82 Å². The Balaban J connectivity index is 1.59. The second kappa shape index (κ2) is 6.18. The van der Waals surface area contributed by atoms with E-state index in [9.17, 15) is 0 Å². The second-order valence-electron chi connectivity index (χ2n) is 5.51. The number of fused-ring (bicyclic) bond motifs is 1. The molecule has 0 saturated heterocycles. The van der Waals surface area contributed by atoms with Crippen LogP contribution in [0.2, 0.25) is 0 Å². The molecule has 3 heterocycles. The van der Waals surface area contributed by atoms with Gasteiger partial charge in [-0.1, -0.05) is 18.2 Å². The highest BCUT2D eigenvalue weighted by Gasteiger charge is 2.15. The van der Waals surface area contributed by atoms with Crippen LogP contribution >= 0.6 is 0 Å². The zero-order valence-corrected chi connectivity index (χ0v) is 12.7. The first-order valence-electron chi connectivity index (χ1n) is 7.77. The van der Waals surface area contributed by atoms with Crippen LogP contribution < -0.4 is 10.6 Å². The number of hydrogen-bond acceptors (Lipinski definition) is 5. The lowest BCUT2D eigenvalue weighted by Crippen LogP contribution is -2.26. The zero-order valence-electron chi connectivity index (χ0n) is 12.7. The van der Waals surface area contributed by atoms with E-state index < -0.39 is 0 Å². The maximum Gasteiger partial charge on any atom is 0.133 e. The van der Waals surface area contributed by atoms with Gasteiger partial charge in [0.05, 0.1) is 11.4 Å². The predicted octanol–water partition coefficient (Wildman–Crippen LogP) is 1.92. The van der Waals surface area contributed by atoms with Crippen molar-refractivity contribution < 1.29 is 0 Å². The minimum atomic E-state index is 0.701. The first-order valence-corrected chi connectivity index (χ1v) is 7.77. The van der Waals surface area contributed by atoms with E-state index in [2.05, 4.69) is 37.8 Å². The molecule has 1 aliphatic heterocycles. The molecule has 116 valence electrons. The minimum absolute atomic E-state index is 0.701. The molecule has 0 unspecified atom stereocenters. The minimum Gasteiger partial charge on any atom is -0.366 e. The largest absolute Gasteiger partial charge is 0.366 e. The molecule has 1 aliphatic rings. The number of nitrogens with zero attached hydrogens (tertiary/aromatic N) is 4. The van der Waals surface area contributed by atoms with E-state index in [1.54, 1.807) is 12.5 Å². The van der Waals surface area contributed by atoms with E-state index in [1.165, 1.54) is 11.1 Å².